The quantitative estimate of drug-likeness (QED) is 0.224. The van der Waals surface area contributed by atoms with E-state index < -0.39 is 23.2 Å². The van der Waals surface area contributed by atoms with Crippen LogP contribution >= 0.6 is 0 Å². The van der Waals surface area contributed by atoms with Crippen LogP contribution in [0.2, 0.25) is 0 Å². The van der Waals surface area contributed by atoms with Gasteiger partial charge in [-0.3, -0.25) is 4.90 Å². The van der Waals surface area contributed by atoms with Crippen molar-refractivity contribution >= 4 is 5.69 Å². The topological polar surface area (TPSA) is 133 Å². The highest BCUT2D eigenvalue weighted by Gasteiger charge is 2.77. The first-order chi connectivity index (χ1) is 20.5. The van der Waals surface area contributed by atoms with Gasteiger partial charge < -0.3 is 24.4 Å². The monoisotopic (exact) mass is 569 g/mol. The van der Waals surface area contributed by atoms with Crippen LogP contribution in [-0.2, 0) is 11.2 Å². The van der Waals surface area contributed by atoms with Gasteiger partial charge in [-0.25, -0.2) is 0 Å². The zero-order valence-corrected chi connectivity index (χ0v) is 23.8. The molecule has 0 spiro atoms. The number of fused-ring (bicyclic) bond motifs is 5. The van der Waals surface area contributed by atoms with Crippen LogP contribution in [0.1, 0.15) is 54.7 Å². The molecule has 42 heavy (non-hydrogen) atoms. The van der Waals surface area contributed by atoms with Crippen LogP contribution < -0.4 is 14.2 Å². The summed E-state index contributed by atoms with van der Waals surface area (Å²) in [5.41, 5.74) is 7.97. The smallest absolute Gasteiger partial charge is 0.226 e. The highest BCUT2D eigenvalue weighted by Crippen LogP contribution is 2.70. The van der Waals surface area contributed by atoms with E-state index in [0.29, 0.717) is 41.2 Å². The van der Waals surface area contributed by atoms with Gasteiger partial charge >= 0.3 is 0 Å². The standard InChI is InChI=1S/C32H35N5O5/c1-40-26-17-25-28(30(34-26)41-2)31(39)29(38)24(18-37-22-9-6-10-23(37)16-15-22)27(19-7-4-3-5-8-19)32(31,42-25)20-11-13-21(14-12-20)35-36-33/h3-5,7-8,11-14,17,22-24,27,29,38-39H,6,9-10,15-16,18H2,1-2H3/t22-,23+,24-,27-,29-,31+,32+/m1/s1. The van der Waals surface area contributed by atoms with Crippen molar-refractivity contribution in [1.29, 1.82) is 0 Å². The predicted molar refractivity (Wildman–Crippen MR) is 155 cm³/mol. The molecule has 2 aromatic carbocycles. The lowest BCUT2D eigenvalue weighted by Crippen LogP contribution is -2.52. The minimum atomic E-state index is -1.92. The number of aromatic nitrogens is 1. The molecule has 1 aliphatic carbocycles. The Balaban J connectivity index is 1.48. The van der Waals surface area contributed by atoms with Gasteiger partial charge in [-0.1, -0.05) is 66.1 Å². The third-order valence-corrected chi connectivity index (χ3v) is 10.1. The summed E-state index contributed by atoms with van der Waals surface area (Å²) in [6.45, 7) is 0.627. The predicted octanol–water partition coefficient (Wildman–Crippen LogP) is 5.31. The van der Waals surface area contributed by atoms with E-state index in [-0.39, 0.29) is 17.7 Å². The Morgan fingerprint density at radius 3 is 2.40 bits per heavy atom. The number of hydrogen-bond acceptors (Lipinski definition) is 8. The molecule has 0 radical (unpaired) electrons. The van der Waals surface area contributed by atoms with Crippen molar-refractivity contribution in [3.8, 4) is 17.5 Å². The van der Waals surface area contributed by atoms with E-state index >= 15 is 0 Å². The van der Waals surface area contributed by atoms with Crippen LogP contribution in [0.25, 0.3) is 10.4 Å². The first-order valence-corrected chi connectivity index (χ1v) is 14.7. The van der Waals surface area contributed by atoms with Crippen LogP contribution in [0, 0.1) is 5.92 Å². The fourth-order valence-electron chi connectivity index (χ4n) is 8.46. The summed E-state index contributed by atoms with van der Waals surface area (Å²) < 4.78 is 18.1. The molecule has 3 aliphatic heterocycles. The van der Waals surface area contributed by atoms with Gasteiger partial charge in [0.25, 0.3) is 0 Å². The normalized spacial score (nSPS) is 32.9. The Bertz CT molecular complexity index is 1510. The molecule has 218 valence electrons. The molecule has 4 heterocycles. The second-order valence-corrected chi connectivity index (χ2v) is 11.9. The summed E-state index contributed by atoms with van der Waals surface area (Å²) in [7, 11) is 2.99. The Morgan fingerprint density at radius 1 is 1.05 bits per heavy atom. The molecule has 10 nitrogen and oxygen atoms in total. The zero-order valence-electron chi connectivity index (χ0n) is 23.8. The Labute approximate surface area is 244 Å². The second-order valence-electron chi connectivity index (χ2n) is 11.9. The van der Waals surface area contributed by atoms with E-state index in [1.54, 1.807) is 18.2 Å². The number of aliphatic hydroxyl groups is 2. The van der Waals surface area contributed by atoms with E-state index in [9.17, 15) is 10.2 Å². The van der Waals surface area contributed by atoms with Crippen molar-refractivity contribution < 1.29 is 24.4 Å². The molecule has 3 aromatic rings. The maximum atomic E-state index is 13.1. The molecule has 7 rings (SSSR count). The number of ether oxygens (including phenoxy) is 3. The summed E-state index contributed by atoms with van der Waals surface area (Å²) in [6, 6.07) is 19.6. The molecule has 1 aromatic heterocycles. The fourth-order valence-corrected chi connectivity index (χ4v) is 8.46. The summed E-state index contributed by atoms with van der Waals surface area (Å²) in [5.74, 6) is -0.0696. The van der Waals surface area contributed by atoms with Gasteiger partial charge in [0.05, 0.1) is 25.9 Å². The third kappa shape index (κ3) is 3.69. The lowest BCUT2D eigenvalue weighted by atomic mass is 9.70. The van der Waals surface area contributed by atoms with Gasteiger partial charge in [0.2, 0.25) is 11.8 Å². The van der Waals surface area contributed by atoms with Crippen molar-refractivity contribution in [3.63, 3.8) is 0 Å². The number of benzene rings is 2. The summed E-state index contributed by atoms with van der Waals surface area (Å²) in [4.78, 5) is 9.98. The number of hydrogen-bond donors (Lipinski definition) is 2. The maximum Gasteiger partial charge on any atom is 0.226 e. The molecule has 2 N–H and O–H groups in total. The van der Waals surface area contributed by atoms with Gasteiger partial charge in [0, 0.05) is 47.1 Å². The first kappa shape index (κ1) is 27.0. The summed E-state index contributed by atoms with van der Waals surface area (Å²) >= 11 is 0. The van der Waals surface area contributed by atoms with Crippen molar-refractivity contribution in [2.24, 2.45) is 11.0 Å². The van der Waals surface area contributed by atoms with E-state index in [0.717, 1.165) is 31.2 Å². The molecule has 2 bridgehead atoms. The molecule has 3 fully saturated rings. The van der Waals surface area contributed by atoms with Crippen molar-refractivity contribution in [2.45, 2.75) is 67.4 Å². The van der Waals surface area contributed by atoms with E-state index in [1.165, 1.54) is 20.6 Å². The number of methoxy groups -OCH3 is 2. The lowest BCUT2D eigenvalue weighted by Gasteiger charge is -2.41. The molecule has 2 saturated heterocycles. The molecule has 4 aliphatic rings. The van der Waals surface area contributed by atoms with Gasteiger partial charge in [-0.05, 0) is 42.3 Å². The van der Waals surface area contributed by atoms with E-state index in [4.69, 9.17) is 19.7 Å². The van der Waals surface area contributed by atoms with Gasteiger partial charge in [-0.15, -0.1) is 0 Å². The van der Waals surface area contributed by atoms with Crippen LogP contribution in [0.4, 0.5) is 5.69 Å². The Morgan fingerprint density at radius 2 is 1.76 bits per heavy atom. The first-order valence-electron chi connectivity index (χ1n) is 14.7. The van der Waals surface area contributed by atoms with Crippen molar-refractivity contribution in [3.05, 3.63) is 87.8 Å². The lowest BCUT2D eigenvalue weighted by molar-refractivity contribution is -0.152. The molecule has 10 heteroatoms. The SMILES string of the molecule is COc1cc2c(c(OC)n1)[C@]1(O)[C@H](O)[C@H](CN3[C@@H]4CCC[C@H]3CC4)[C@@H](c3ccccc3)[C@]1(c1ccc(N=[N+]=[N-])cc1)O2. The minimum Gasteiger partial charge on any atom is -0.481 e. The highest BCUT2D eigenvalue weighted by molar-refractivity contribution is 5.60. The number of piperidine rings is 1. The number of pyridine rings is 1. The molecule has 0 unspecified atom stereocenters. The number of azide groups is 1. The zero-order chi connectivity index (χ0) is 29.1. The third-order valence-electron chi connectivity index (χ3n) is 10.1. The largest absolute Gasteiger partial charge is 0.481 e. The van der Waals surface area contributed by atoms with Gasteiger partial charge in [0.15, 0.2) is 11.2 Å². The van der Waals surface area contributed by atoms with Crippen LogP contribution in [0.3, 0.4) is 0 Å². The number of nitrogens with zero attached hydrogens (tertiary/aromatic N) is 5. The summed E-state index contributed by atoms with van der Waals surface area (Å²) in [6.07, 6.45) is 4.65. The number of rotatable bonds is 7. The highest BCUT2D eigenvalue weighted by atomic mass is 16.5. The van der Waals surface area contributed by atoms with E-state index in [1.807, 2.05) is 42.5 Å². The van der Waals surface area contributed by atoms with Crippen LogP contribution in [0.15, 0.2) is 65.8 Å². The second kappa shape index (κ2) is 10.2. The van der Waals surface area contributed by atoms with Crippen molar-refractivity contribution in [2.75, 3.05) is 20.8 Å². The van der Waals surface area contributed by atoms with Crippen LogP contribution in [0.5, 0.6) is 17.5 Å². The van der Waals surface area contributed by atoms with E-state index in [2.05, 4.69) is 19.9 Å². The molecule has 0 amide bonds. The molecular formula is C32H35N5O5. The van der Waals surface area contributed by atoms with Crippen LogP contribution in [-0.4, -0.2) is 59.0 Å². The van der Waals surface area contributed by atoms with Crippen molar-refractivity contribution in [1.82, 2.24) is 9.88 Å². The van der Waals surface area contributed by atoms with Gasteiger partial charge in [-0.2, -0.15) is 4.98 Å². The average molecular weight is 570 g/mol. The van der Waals surface area contributed by atoms with Gasteiger partial charge in [0.1, 0.15) is 5.75 Å². The molecule has 7 atom stereocenters. The summed E-state index contributed by atoms with van der Waals surface area (Å²) in [5, 5.41) is 29.4. The average Bonchev–Trinajstić information content (AvgIpc) is 3.48. The maximum absolute atomic E-state index is 13.1. The molecule has 1 saturated carbocycles. The Kier molecular flexibility index (Phi) is 6.55. The molecular weight excluding hydrogens is 534 g/mol. The Hall–Kier alpha value is -3.82. The minimum absolute atomic E-state index is 0.143. The fraction of sp³-hybridized carbons (Fsp3) is 0.469. The number of aliphatic hydroxyl groups excluding tert-OH is 1.